The first-order valence-corrected chi connectivity index (χ1v) is 9.09. The largest absolute Gasteiger partial charge is 0.377 e. The summed E-state index contributed by atoms with van der Waals surface area (Å²) in [7, 11) is 0. The van der Waals surface area contributed by atoms with Gasteiger partial charge in [0.1, 0.15) is 0 Å². The second-order valence-corrected chi connectivity index (χ2v) is 7.75. The van der Waals surface area contributed by atoms with Crippen LogP contribution in [0, 0.1) is 5.41 Å². The number of morpholine rings is 1. The van der Waals surface area contributed by atoms with Crippen molar-refractivity contribution in [3.05, 3.63) is 11.6 Å². The zero-order valence-electron chi connectivity index (χ0n) is 15.2. The Kier molecular flexibility index (Phi) is 6.48. The van der Waals surface area contributed by atoms with Crippen molar-refractivity contribution in [3.8, 4) is 0 Å². The van der Waals surface area contributed by atoms with Crippen molar-refractivity contribution >= 4 is 0 Å². The first-order valence-electron chi connectivity index (χ1n) is 9.09. The minimum Gasteiger partial charge on any atom is -0.377 e. The topological polar surface area (TPSA) is 21.7 Å². The molecule has 0 amide bonds. The summed E-state index contributed by atoms with van der Waals surface area (Å²) in [5, 5.41) is 0. The molecule has 2 rings (SSSR count). The molecule has 128 valence electrons. The van der Waals surface area contributed by atoms with Gasteiger partial charge in [-0.15, -0.1) is 0 Å². The summed E-state index contributed by atoms with van der Waals surface area (Å²) >= 11 is 0. The number of nitrogens with zero attached hydrogens (tertiary/aromatic N) is 1. The van der Waals surface area contributed by atoms with Crippen LogP contribution in [0.3, 0.4) is 0 Å². The highest BCUT2D eigenvalue weighted by Gasteiger charge is 2.26. The monoisotopic (exact) mass is 309 g/mol. The Morgan fingerprint density at radius 3 is 2.50 bits per heavy atom. The van der Waals surface area contributed by atoms with Gasteiger partial charge in [0, 0.05) is 19.6 Å². The van der Waals surface area contributed by atoms with Gasteiger partial charge in [0.15, 0.2) is 0 Å². The smallest absolute Gasteiger partial charge is 0.0678 e. The number of ether oxygens (including phenoxy) is 2. The van der Waals surface area contributed by atoms with Crippen LogP contribution in [0.25, 0.3) is 0 Å². The van der Waals surface area contributed by atoms with E-state index in [4.69, 9.17) is 9.47 Å². The van der Waals surface area contributed by atoms with Crippen molar-refractivity contribution in [2.24, 2.45) is 5.41 Å². The maximum absolute atomic E-state index is 6.12. The third-order valence-electron chi connectivity index (χ3n) is 5.37. The van der Waals surface area contributed by atoms with Crippen LogP contribution in [0.15, 0.2) is 11.6 Å². The molecule has 1 fully saturated rings. The molecule has 0 aromatic carbocycles. The Morgan fingerprint density at radius 1 is 1.27 bits per heavy atom. The zero-order chi connectivity index (χ0) is 16.2. The molecule has 3 heteroatoms. The van der Waals surface area contributed by atoms with Crippen molar-refractivity contribution in [1.82, 2.24) is 4.90 Å². The van der Waals surface area contributed by atoms with Crippen LogP contribution in [0.1, 0.15) is 60.3 Å². The lowest BCUT2D eigenvalue weighted by Crippen LogP contribution is -2.46. The summed E-state index contributed by atoms with van der Waals surface area (Å²) in [5.74, 6) is 0. The maximum Gasteiger partial charge on any atom is 0.0678 e. The molecular formula is C19H35NO2. The zero-order valence-corrected chi connectivity index (χ0v) is 15.2. The normalized spacial score (nSPS) is 31.1. The highest BCUT2D eigenvalue weighted by molar-refractivity contribution is 5.15. The van der Waals surface area contributed by atoms with Crippen molar-refractivity contribution in [2.75, 3.05) is 26.2 Å². The number of allylic oxidation sites excluding steroid dienone is 1. The van der Waals surface area contributed by atoms with Crippen molar-refractivity contribution in [3.63, 3.8) is 0 Å². The minimum atomic E-state index is 0.347. The number of hydrogen-bond donors (Lipinski definition) is 0. The summed E-state index contributed by atoms with van der Waals surface area (Å²) in [4.78, 5) is 2.48. The molecule has 22 heavy (non-hydrogen) atoms. The lowest BCUT2D eigenvalue weighted by molar-refractivity contribution is -0.0764. The Balaban J connectivity index is 1.69. The highest BCUT2D eigenvalue weighted by atomic mass is 16.5. The van der Waals surface area contributed by atoms with E-state index in [1.807, 2.05) is 0 Å². The van der Waals surface area contributed by atoms with Gasteiger partial charge < -0.3 is 9.47 Å². The van der Waals surface area contributed by atoms with E-state index in [1.165, 1.54) is 19.3 Å². The predicted molar refractivity (Wildman–Crippen MR) is 92.2 cm³/mol. The Labute approximate surface area is 137 Å². The average molecular weight is 309 g/mol. The predicted octanol–water partition coefficient (Wildman–Crippen LogP) is 4.03. The van der Waals surface area contributed by atoms with Gasteiger partial charge in [-0.3, -0.25) is 4.90 Å². The van der Waals surface area contributed by atoms with E-state index in [1.54, 1.807) is 5.57 Å². The summed E-state index contributed by atoms with van der Waals surface area (Å²) in [6.45, 7) is 15.3. The SMILES string of the molecule is CCC(C)(C)C1=CCC(OCCN2CC(C)OC(C)C2)CC1. The van der Waals surface area contributed by atoms with E-state index < -0.39 is 0 Å². The van der Waals surface area contributed by atoms with Crippen LogP contribution < -0.4 is 0 Å². The molecule has 3 unspecified atom stereocenters. The molecule has 1 aliphatic carbocycles. The summed E-state index contributed by atoms with van der Waals surface area (Å²) in [5.41, 5.74) is 2.00. The van der Waals surface area contributed by atoms with Gasteiger partial charge in [-0.25, -0.2) is 0 Å². The summed E-state index contributed by atoms with van der Waals surface area (Å²) in [6, 6.07) is 0. The molecule has 0 aromatic rings. The maximum atomic E-state index is 6.12. The number of rotatable bonds is 6. The fourth-order valence-electron chi connectivity index (χ4n) is 3.62. The van der Waals surface area contributed by atoms with Crippen LogP contribution >= 0.6 is 0 Å². The van der Waals surface area contributed by atoms with E-state index in [9.17, 15) is 0 Å². The first kappa shape index (κ1) is 18.0. The van der Waals surface area contributed by atoms with Crippen molar-refractivity contribution < 1.29 is 9.47 Å². The van der Waals surface area contributed by atoms with Crippen LogP contribution in [-0.2, 0) is 9.47 Å². The first-order chi connectivity index (χ1) is 10.4. The third-order valence-corrected chi connectivity index (χ3v) is 5.37. The van der Waals surface area contributed by atoms with Crippen LogP contribution in [0.5, 0.6) is 0 Å². The summed E-state index contributed by atoms with van der Waals surface area (Å²) in [6.07, 6.45) is 8.26. The second kappa shape index (κ2) is 7.94. The molecule has 3 atom stereocenters. The summed E-state index contributed by atoms with van der Waals surface area (Å²) < 4.78 is 11.9. The molecule has 3 nitrogen and oxygen atoms in total. The molecule has 0 aromatic heterocycles. The van der Waals surface area contributed by atoms with Gasteiger partial charge in [0.05, 0.1) is 24.9 Å². The van der Waals surface area contributed by atoms with Gasteiger partial charge in [0.25, 0.3) is 0 Å². The molecule has 1 heterocycles. The Bertz CT molecular complexity index is 368. The lowest BCUT2D eigenvalue weighted by atomic mass is 9.76. The van der Waals surface area contributed by atoms with Gasteiger partial charge >= 0.3 is 0 Å². The van der Waals surface area contributed by atoms with E-state index in [0.717, 1.165) is 32.7 Å². The van der Waals surface area contributed by atoms with E-state index >= 15 is 0 Å². The standard InChI is InChI=1S/C19H35NO2/c1-6-19(4,5)17-7-9-18(10-8-17)21-12-11-20-13-15(2)22-16(3)14-20/h7,15-16,18H,6,8-14H2,1-5H3. The Hall–Kier alpha value is -0.380. The molecular weight excluding hydrogens is 274 g/mol. The molecule has 0 N–H and O–H groups in total. The molecule has 2 aliphatic rings. The van der Waals surface area contributed by atoms with Gasteiger partial charge in [-0.05, 0) is 44.9 Å². The fourth-order valence-corrected chi connectivity index (χ4v) is 3.62. The van der Waals surface area contributed by atoms with E-state index in [-0.39, 0.29) is 0 Å². The highest BCUT2D eigenvalue weighted by Crippen LogP contribution is 2.36. The second-order valence-electron chi connectivity index (χ2n) is 7.75. The van der Waals surface area contributed by atoms with Crippen molar-refractivity contribution in [2.45, 2.75) is 78.6 Å². The number of hydrogen-bond acceptors (Lipinski definition) is 3. The molecule has 0 saturated carbocycles. The minimum absolute atomic E-state index is 0.347. The molecule has 0 bridgehead atoms. The van der Waals surface area contributed by atoms with E-state index in [2.05, 4.69) is 45.6 Å². The van der Waals surface area contributed by atoms with Crippen molar-refractivity contribution in [1.29, 1.82) is 0 Å². The molecule has 0 radical (unpaired) electrons. The van der Waals surface area contributed by atoms with Gasteiger partial charge in [0.2, 0.25) is 0 Å². The molecule has 0 spiro atoms. The molecule has 1 saturated heterocycles. The van der Waals surface area contributed by atoms with Crippen LogP contribution in [-0.4, -0.2) is 49.5 Å². The van der Waals surface area contributed by atoms with Crippen LogP contribution in [0.2, 0.25) is 0 Å². The third kappa shape index (κ3) is 5.07. The fraction of sp³-hybridized carbons (Fsp3) is 0.895. The van der Waals surface area contributed by atoms with Gasteiger partial charge in [-0.2, -0.15) is 0 Å². The van der Waals surface area contributed by atoms with Crippen LogP contribution in [0.4, 0.5) is 0 Å². The quantitative estimate of drug-likeness (QED) is 0.692. The lowest BCUT2D eigenvalue weighted by Gasteiger charge is -2.36. The average Bonchev–Trinajstić information content (AvgIpc) is 2.47. The van der Waals surface area contributed by atoms with Gasteiger partial charge in [-0.1, -0.05) is 32.4 Å². The molecule has 1 aliphatic heterocycles. The van der Waals surface area contributed by atoms with E-state index in [0.29, 0.717) is 23.7 Å². The Morgan fingerprint density at radius 2 is 1.95 bits per heavy atom.